The third kappa shape index (κ3) is 2.62. The van der Waals surface area contributed by atoms with Crippen LogP contribution in [0.4, 0.5) is 4.79 Å². The van der Waals surface area contributed by atoms with Gasteiger partial charge in [0.05, 0.1) is 10.3 Å². The first kappa shape index (κ1) is 15.1. The van der Waals surface area contributed by atoms with Crippen LogP contribution in [0, 0.1) is 6.92 Å². The van der Waals surface area contributed by atoms with E-state index in [0.717, 1.165) is 9.87 Å². The first-order chi connectivity index (χ1) is 9.37. The Hall–Kier alpha value is -1.27. The maximum Gasteiger partial charge on any atom is 0.424 e. The summed E-state index contributed by atoms with van der Waals surface area (Å²) in [5, 5.41) is -0.471. The van der Waals surface area contributed by atoms with Gasteiger partial charge >= 0.3 is 6.09 Å². The van der Waals surface area contributed by atoms with Gasteiger partial charge in [0.15, 0.2) is 0 Å². The van der Waals surface area contributed by atoms with Crippen molar-refractivity contribution in [1.82, 2.24) is 4.31 Å². The highest BCUT2D eigenvalue weighted by atomic mass is 35.5. The van der Waals surface area contributed by atoms with E-state index < -0.39 is 27.5 Å². The summed E-state index contributed by atoms with van der Waals surface area (Å²) in [6, 6.07) is 5.65. The molecular weight excluding hydrogens is 302 g/mol. The molecule has 1 aliphatic heterocycles. The van der Waals surface area contributed by atoms with E-state index in [1.165, 1.54) is 12.1 Å². The zero-order chi connectivity index (χ0) is 14.9. The van der Waals surface area contributed by atoms with Gasteiger partial charge in [-0.05, 0) is 25.5 Å². The van der Waals surface area contributed by atoms with Crippen LogP contribution in [-0.4, -0.2) is 36.8 Å². The Morgan fingerprint density at radius 3 is 2.55 bits per heavy atom. The maximum atomic E-state index is 12.6. The number of hydrogen-bond donors (Lipinski definition) is 0. The summed E-state index contributed by atoms with van der Waals surface area (Å²) in [6.45, 7) is 3.68. The Kier molecular flexibility index (Phi) is 4.25. The minimum atomic E-state index is -3.93. The highest BCUT2D eigenvalue weighted by molar-refractivity contribution is 7.89. The molecule has 0 saturated carbocycles. The highest BCUT2D eigenvalue weighted by Crippen LogP contribution is 2.28. The van der Waals surface area contributed by atoms with Crippen LogP contribution in [0.1, 0.15) is 18.9 Å². The monoisotopic (exact) mass is 317 g/mol. The van der Waals surface area contributed by atoms with E-state index in [1.807, 2.05) is 13.8 Å². The molecule has 1 aliphatic rings. The maximum absolute atomic E-state index is 12.6. The predicted octanol–water partition coefficient (Wildman–Crippen LogP) is 2.52. The van der Waals surface area contributed by atoms with Crippen LogP contribution < -0.4 is 0 Å². The number of aryl methyl sites for hydroxylation is 1. The molecule has 20 heavy (non-hydrogen) atoms. The second kappa shape index (κ2) is 5.61. The molecule has 0 aliphatic carbocycles. The minimum absolute atomic E-state index is 0.00800. The lowest BCUT2D eigenvalue weighted by atomic mass is 10.2. The molecule has 0 radical (unpaired) electrons. The van der Waals surface area contributed by atoms with Crippen molar-refractivity contribution in [2.24, 2.45) is 0 Å². The second-order valence-corrected chi connectivity index (χ2v) is 7.06. The molecule has 0 N–H and O–H groups in total. The summed E-state index contributed by atoms with van der Waals surface area (Å²) in [7, 11) is -3.93. The number of alkyl halides is 1. The van der Waals surface area contributed by atoms with E-state index in [4.69, 9.17) is 16.3 Å². The summed E-state index contributed by atoms with van der Waals surface area (Å²) in [6.07, 6.45) is -0.322. The number of rotatable bonds is 4. The second-order valence-electron chi connectivity index (χ2n) is 4.68. The van der Waals surface area contributed by atoms with Gasteiger partial charge in [0.25, 0.3) is 10.0 Å². The average molecular weight is 318 g/mol. The molecule has 1 saturated heterocycles. The molecule has 1 fully saturated rings. The van der Waals surface area contributed by atoms with Gasteiger partial charge in [-0.2, -0.15) is 4.31 Å². The standard InChI is InChI=1S/C13H16ClNO4S/c1-3-11(14)12-8-19-13(16)15(12)20(17,18)10-6-4-9(2)5-7-10/h4-7,11-12H,3,8H2,1-2H3/t11-,12+/m0/s1. The summed E-state index contributed by atoms with van der Waals surface area (Å²) < 4.78 is 30.7. The fourth-order valence-electron chi connectivity index (χ4n) is 2.05. The number of halogens is 1. The number of sulfonamides is 1. The lowest BCUT2D eigenvalue weighted by Gasteiger charge is -2.24. The van der Waals surface area contributed by atoms with Crippen LogP contribution in [0.3, 0.4) is 0 Å². The van der Waals surface area contributed by atoms with Crippen molar-refractivity contribution in [3.8, 4) is 0 Å². The van der Waals surface area contributed by atoms with Crippen molar-refractivity contribution in [1.29, 1.82) is 0 Å². The van der Waals surface area contributed by atoms with E-state index in [9.17, 15) is 13.2 Å². The summed E-state index contributed by atoms with van der Waals surface area (Å²) in [5.41, 5.74) is 0.938. The zero-order valence-electron chi connectivity index (χ0n) is 11.2. The molecule has 0 bridgehead atoms. The van der Waals surface area contributed by atoms with Gasteiger partial charge in [-0.3, -0.25) is 0 Å². The molecule has 0 aromatic heterocycles. The smallest absolute Gasteiger partial charge is 0.424 e. The minimum Gasteiger partial charge on any atom is -0.446 e. The number of carbonyl (C=O) groups is 1. The predicted molar refractivity (Wildman–Crippen MR) is 75.3 cm³/mol. The Balaban J connectivity index is 2.40. The van der Waals surface area contributed by atoms with Gasteiger partial charge in [-0.25, -0.2) is 13.2 Å². The van der Waals surface area contributed by atoms with E-state index in [1.54, 1.807) is 12.1 Å². The van der Waals surface area contributed by atoms with Crippen LogP contribution in [0.2, 0.25) is 0 Å². The normalized spacial score (nSPS) is 20.9. The van der Waals surface area contributed by atoms with Crippen LogP contribution in [0.5, 0.6) is 0 Å². The molecule has 110 valence electrons. The van der Waals surface area contributed by atoms with Gasteiger partial charge in [-0.15, -0.1) is 11.6 Å². The van der Waals surface area contributed by atoms with Crippen molar-refractivity contribution in [2.45, 2.75) is 36.6 Å². The number of nitrogens with zero attached hydrogens (tertiary/aromatic N) is 1. The largest absolute Gasteiger partial charge is 0.446 e. The molecule has 0 spiro atoms. The van der Waals surface area contributed by atoms with Crippen molar-refractivity contribution < 1.29 is 17.9 Å². The Bertz CT molecular complexity index is 599. The fraction of sp³-hybridized carbons (Fsp3) is 0.462. The molecule has 2 rings (SSSR count). The van der Waals surface area contributed by atoms with Gasteiger partial charge in [-0.1, -0.05) is 24.6 Å². The third-order valence-electron chi connectivity index (χ3n) is 3.24. The molecule has 1 aromatic carbocycles. The van der Waals surface area contributed by atoms with Crippen LogP contribution in [-0.2, 0) is 14.8 Å². The van der Waals surface area contributed by atoms with E-state index in [-0.39, 0.29) is 11.5 Å². The number of cyclic esters (lactones) is 1. The van der Waals surface area contributed by atoms with Gasteiger partial charge in [0.2, 0.25) is 0 Å². The number of amides is 1. The number of hydrogen-bond acceptors (Lipinski definition) is 4. The molecule has 1 aromatic rings. The molecular formula is C13H16ClNO4S. The van der Waals surface area contributed by atoms with E-state index in [0.29, 0.717) is 6.42 Å². The van der Waals surface area contributed by atoms with Crippen molar-refractivity contribution in [3.05, 3.63) is 29.8 Å². The van der Waals surface area contributed by atoms with Crippen molar-refractivity contribution >= 4 is 27.7 Å². The first-order valence-corrected chi connectivity index (χ1v) is 8.17. The lowest BCUT2D eigenvalue weighted by molar-refractivity contribution is 0.170. The quantitative estimate of drug-likeness (QED) is 0.800. The van der Waals surface area contributed by atoms with Crippen molar-refractivity contribution in [2.75, 3.05) is 6.61 Å². The van der Waals surface area contributed by atoms with E-state index >= 15 is 0 Å². The SMILES string of the molecule is CC[C@H](Cl)[C@H]1COC(=O)N1S(=O)(=O)c1ccc(C)cc1. The Labute approximate surface area is 123 Å². The Morgan fingerprint density at radius 1 is 1.40 bits per heavy atom. The molecule has 0 unspecified atom stereocenters. The molecule has 1 amide bonds. The van der Waals surface area contributed by atoms with Crippen LogP contribution in [0.25, 0.3) is 0 Å². The average Bonchev–Trinajstić information content (AvgIpc) is 2.81. The van der Waals surface area contributed by atoms with Gasteiger partial charge in [0, 0.05) is 0 Å². The lowest BCUT2D eigenvalue weighted by Crippen LogP contribution is -2.43. The van der Waals surface area contributed by atoms with Gasteiger partial charge < -0.3 is 4.74 Å². The Morgan fingerprint density at radius 2 is 2.00 bits per heavy atom. The topological polar surface area (TPSA) is 63.7 Å². The highest BCUT2D eigenvalue weighted by Gasteiger charge is 2.45. The molecule has 1 heterocycles. The number of carbonyl (C=O) groups excluding carboxylic acids is 1. The summed E-state index contributed by atoms with van der Waals surface area (Å²) in [5.74, 6) is 0. The van der Waals surface area contributed by atoms with Crippen molar-refractivity contribution in [3.63, 3.8) is 0 Å². The zero-order valence-corrected chi connectivity index (χ0v) is 12.8. The molecule has 7 heteroatoms. The van der Waals surface area contributed by atoms with Crippen LogP contribution >= 0.6 is 11.6 Å². The van der Waals surface area contributed by atoms with Crippen LogP contribution in [0.15, 0.2) is 29.2 Å². The fourth-order valence-corrected chi connectivity index (χ4v) is 3.82. The first-order valence-electron chi connectivity index (χ1n) is 6.30. The third-order valence-corrected chi connectivity index (χ3v) is 5.65. The summed E-state index contributed by atoms with van der Waals surface area (Å²) in [4.78, 5) is 11.8. The molecule has 2 atom stereocenters. The number of benzene rings is 1. The van der Waals surface area contributed by atoms with Gasteiger partial charge in [0.1, 0.15) is 12.6 Å². The summed E-state index contributed by atoms with van der Waals surface area (Å²) >= 11 is 6.11. The molecule has 5 nitrogen and oxygen atoms in total. The van der Waals surface area contributed by atoms with E-state index in [2.05, 4.69) is 0 Å². The number of ether oxygens (including phenoxy) is 1.